The van der Waals surface area contributed by atoms with Crippen LogP contribution in [0.1, 0.15) is 33.5 Å². The predicted molar refractivity (Wildman–Crippen MR) is 65.9 cm³/mol. The Hall–Kier alpha value is -1.35. The van der Waals surface area contributed by atoms with E-state index >= 15 is 0 Å². The van der Waals surface area contributed by atoms with Gasteiger partial charge in [-0.2, -0.15) is 13.2 Å². The Labute approximate surface area is 115 Å². The Kier molecular flexibility index (Phi) is 5.76. The first-order valence-corrected chi connectivity index (χ1v) is 6.05. The SMILES string of the molecule is CC(C)OB(Oc1cnc(C(F)(F)F)nc1)OC(C)C. The average Bonchev–Trinajstić information content (AvgIpc) is 2.26. The third-order valence-corrected chi connectivity index (χ3v) is 1.88. The van der Waals surface area contributed by atoms with Crippen molar-refractivity contribution < 1.29 is 27.1 Å². The molecule has 0 amide bonds. The van der Waals surface area contributed by atoms with E-state index in [1.807, 2.05) is 0 Å². The number of halogens is 3. The molecule has 1 aromatic rings. The van der Waals surface area contributed by atoms with E-state index in [2.05, 4.69) is 9.97 Å². The minimum absolute atomic E-state index is 0.0318. The van der Waals surface area contributed by atoms with Crippen LogP contribution in [0.3, 0.4) is 0 Å². The Bertz CT molecular complexity index is 402. The number of alkyl halides is 3. The van der Waals surface area contributed by atoms with Gasteiger partial charge in [0.2, 0.25) is 5.82 Å². The summed E-state index contributed by atoms with van der Waals surface area (Å²) >= 11 is 0. The smallest absolute Gasteiger partial charge is 0.509 e. The van der Waals surface area contributed by atoms with Crippen LogP contribution in [-0.4, -0.2) is 29.5 Å². The molecule has 0 unspecified atom stereocenters. The van der Waals surface area contributed by atoms with Gasteiger partial charge in [-0.25, -0.2) is 9.97 Å². The summed E-state index contributed by atoms with van der Waals surface area (Å²) in [5.41, 5.74) is 0. The van der Waals surface area contributed by atoms with Gasteiger partial charge in [0.1, 0.15) is 5.75 Å². The van der Waals surface area contributed by atoms with Crippen LogP contribution in [0.15, 0.2) is 12.4 Å². The van der Waals surface area contributed by atoms with Gasteiger partial charge in [-0.15, -0.1) is 0 Å². The maximum absolute atomic E-state index is 12.3. The fourth-order valence-corrected chi connectivity index (χ4v) is 1.17. The molecule has 0 N–H and O–H groups in total. The summed E-state index contributed by atoms with van der Waals surface area (Å²) < 4.78 is 52.9. The lowest BCUT2D eigenvalue weighted by molar-refractivity contribution is -0.145. The fourth-order valence-electron chi connectivity index (χ4n) is 1.17. The molecule has 0 saturated carbocycles. The fraction of sp³-hybridized carbons (Fsp3) is 0.636. The topological polar surface area (TPSA) is 53.5 Å². The molecule has 20 heavy (non-hydrogen) atoms. The lowest BCUT2D eigenvalue weighted by Crippen LogP contribution is -2.35. The van der Waals surface area contributed by atoms with Crippen LogP contribution in [0.2, 0.25) is 0 Å². The number of nitrogens with zero attached hydrogens (tertiary/aromatic N) is 2. The van der Waals surface area contributed by atoms with E-state index in [0.29, 0.717) is 0 Å². The summed E-state index contributed by atoms with van der Waals surface area (Å²) in [5.74, 6) is -1.19. The lowest BCUT2D eigenvalue weighted by atomic mass is 10.2. The number of hydrogen-bond donors (Lipinski definition) is 0. The predicted octanol–water partition coefficient (Wildman–Crippen LogP) is 2.71. The quantitative estimate of drug-likeness (QED) is 0.754. The number of hydrogen-bond acceptors (Lipinski definition) is 5. The van der Waals surface area contributed by atoms with E-state index in [1.165, 1.54) is 0 Å². The molecule has 0 saturated heterocycles. The van der Waals surface area contributed by atoms with Gasteiger partial charge in [-0.3, -0.25) is 0 Å². The van der Waals surface area contributed by atoms with E-state index < -0.39 is 19.3 Å². The van der Waals surface area contributed by atoms with Crippen LogP contribution in [0.25, 0.3) is 0 Å². The Balaban J connectivity index is 2.73. The molecule has 0 aliphatic rings. The summed E-state index contributed by atoms with van der Waals surface area (Å²) in [6, 6.07) is 0. The van der Waals surface area contributed by atoms with Crippen molar-refractivity contribution in [3.05, 3.63) is 18.2 Å². The van der Waals surface area contributed by atoms with Crippen molar-refractivity contribution in [2.24, 2.45) is 0 Å². The van der Waals surface area contributed by atoms with Gasteiger partial charge in [-0.1, -0.05) is 0 Å². The van der Waals surface area contributed by atoms with Crippen molar-refractivity contribution in [3.63, 3.8) is 0 Å². The second-order valence-electron chi connectivity index (χ2n) is 4.52. The molecule has 0 aromatic carbocycles. The van der Waals surface area contributed by atoms with Crippen molar-refractivity contribution in [2.45, 2.75) is 46.1 Å². The second kappa shape index (κ2) is 6.89. The van der Waals surface area contributed by atoms with Gasteiger partial charge >= 0.3 is 13.5 Å². The van der Waals surface area contributed by atoms with Crippen LogP contribution in [-0.2, 0) is 15.5 Å². The van der Waals surface area contributed by atoms with Gasteiger partial charge in [0.05, 0.1) is 12.4 Å². The summed E-state index contributed by atoms with van der Waals surface area (Å²) in [7, 11) is -1.03. The van der Waals surface area contributed by atoms with Gasteiger partial charge in [0, 0.05) is 12.2 Å². The molecule has 0 atom stereocenters. The van der Waals surface area contributed by atoms with Crippen molar-refractivity contribution in [3.8, 4) is 5.75 Å². The minimum atomic E-state index is -4.58. The van der Waals surface area contributed by atoms with Gasteiger partial charge in [0.25, 0.3) is 0 Å². The first kappa shape index (κ1) is 16.7. The van der Waals surface area contributed by atoms with E-state index in [-0.39, 0.29) is 18.0 Å². The van der Waals surface area contributed by atoms with Crippen LogP contribution in [0.4, 0.5) is 13.2 Å². The van der Waals surface area contributed by atoms with Crippen molar-refractivity contribution in [1.29, 1.82) is 0 Å². The van der Waals surface area contributed by atoms with Crippen LogP contribution in [0, 0.1) is 0 Å². The molecule has 112 valence electrons. The van der Waals surface area contributed by atoms with E-state index in [9.17, 15) is 13.2 Å². The molecule has 0 fully saturated rings. The summed E-state index contributed by atoms with van der Waals surface area (Å²) in [6.07, 6.45) is -3.07. The van der Waals surface area contributed by atoms with Gasteiger partial charge in [0.15, 0.2) is 0 Å². The van der Waals surface area contributed by atoms with E-state index in [4.69, 9.17) is 14.0 Å². The van der Waals surface area contributed by atoms with Crippen LogP contribution < -0.4 is 4.65 Å². The van der Waals surface area contributed by atoms with Gasteiger partial charge < -0.3 is 14.0 Å². The molecule has 0 spiro atoms. The zero-order valence-corrected chi connectivity index (χ0v) is 11.6. The highest BCUT2D eigenvalue weighted by atomic mass is 19.4. The third-order valence-electron chi connectivity index (χ3n) is 1.88. The summed E-state index contributed by atoms with van der Waals surface area (Å²) in [6.45, 7) is 7.12. The molecule has 5 nitrogen and oxygen atoms in total. The molecule has 0 bridgehead atoms. The molecular weight excluding hydrogens is 276 g/mol. The largest absolute Gasteiger partial charge is 0.713 e. The average molecular weight is 292 g/mol. The molecule has 9 heteroatoms. The normalized spacial score (nSPS) is 12.1. The Morgan fingerprint density at radius 2 is 1.45 bits per heavy atom. The van der Waals surface area contributed by atoms with Gasteiger partial charge in [-0.05, 0) is 27.7 Å². The lowest BCUT2D eigenvalue weighted by Gasteiger charge is -2.18. The molecule has 1 aromatic heterocycles. The minimum Gasteiger partial charge on any atom is -0.509 e. The standard InChI is InChI=1S/C11H16BF3N2O3/c1-7(2)18-12(19-8(3)4)20-9-5-16-10(17-6-9)11(13,14)15/h5-8H,1-4H3. The van der Waals surface area contributed by atoms with Crippen molar-refractivity contribution in [2.75, 3.05) is 0 Å². The molecule has 1 rings (SSSR count). The zero-order chi connectivity index (χ0) is 15.3. The Morgan fingerprint density at radius 1 is 1.00 bits per heavy atom. The molecular formula is C11H16BF3N2O3. The van der Waals surface area contributed by atoms with Crippen LogP contribution in [0.5, 0.6) is 5.75 Å². The van der Waals surface area contributed by atoms with E-state index in [1.54, 1.807) is 27.7 Å². The Morgan fingerprint density at radius 3 is 1.80 bits per heavy atom. The number of aromatic nitrogens is 2. The first-order valence-electron chi connectivity index (χ1n) is 6.05. The second-order valence-corrected chi connectivity index (χ2v) is 4.52. The third kappa shape index (κ3) is 5.75. The van der Waals surface area contributed by atoms with Crippen molar-refractivity contribution >= 4 is 7.32 Å². The highest BCUT2D eigenvalue weighted by molar-refractivity contribution is 6.37. The number of rotatable bonds is 6. The highest BCUT2D eigenvalue weighted by Crippen LogP contribution is 2.26. The summed E-state index contributed by atoms with van der Waals surface area (Å²) in [5, 5.41) is 0. The monoisotopic (exact) mass is 292 g/mol. The summed E-state index contributed by atoms with van der Waals surface area (Å²) in [4.78, 5) is 6.38. The maximum atomic E-state index is 12.3. The molecule has 0 aliphatic heterocycles. The molecule has 0 aliphatic carbocycles. The zero-order valence-electron chi connectivity index (χ0n) is 11.6. The molecule has 0 radical (unpaired) electrons. The van der Waals surface area contributed by atoms with E-state index in [0.717, 1.165) is 12.4 Å². The molecule has 1 heterocycles. The van der Waals surface area contributed by atoms with Crippen LogP contribution >= 0.6 is 0 Å². The van der Waals surface area contributed by atoms with Crippen molar-refractivity contribution in [1.82, 2.24) is 9.97 Å². The highest BCUT2D eigenvalue weighted by Gasteiger charge is 2.35. The maximum Gasteiger partial charge on any atom is 0.713 e. The first-order chi connectivity index (χ1) is 9.18.